The third kappa shape index (κ3) is 3.39. The lowest BCUT2D eigenvalue weighted by Crippen LogP contribution is -2.08. The molecule has 0 spiro atoms. The molecule has 0 aromatic heterocycles. The average molecular weight is 248 g/mol. The Kier molecular flexibility index (Phi) is 4.42. The van der Waals surface area contributed by atoms with Crippen LogP contribution in [0, 0.1) is 0 Å². The molecule has 0 saturated carbocycles. The van der Waals surface area contributed by atoms with Gasteiger partial charge in [0.1, 0.15) is 0 Å². The zero-order chi connectivity index (χ0) is 11.3. The van der Waals surface area contributed by atoms with Gasteiger partial charge in [-0.2, -0.15) is 0 Å². The zero-order valence-corrected chi connectivity index (χ0v) is 10.1. The highest BCUT2D eigenvalue weighted by atomic mass is 35.5. The molecule has 3 nitrogen and oxygen atoms in total. The van der Waals surface area contributed by atoms with E-state index in [0.717, 1.165) is 12.2 Å². The van der Waals surface area contributed by atoms with E-state index in [4.69, 9.17) is 11.6 Å². The van der Waals surface area contributed by atoms with Gasteiger partial charge in [0.15, 0.2) is 9.84 Å². The van der Waals surface area contributed by atoms with Crippen molar-refractivity contribution in [3.63, 3.8) is 0 Å². The van der Waals surface area contributed by atoms with Gasteiger partial charge in [-0.05, 0) is 25.1 Å². The standard InChI is InChI=1S/C10H14ClNO2S/c1-2-12-9-4-3-5-10(8-9)15(13,14)7-6-11/h3-5,8,12H,2,6-7H2,1H3. The molecule has 0 aliphatic carbocycles. The van der Waals surface area contributed by atoms with Gasteiger partial charge in [0.2, 0.25) is 0 Å². The Bertz CT molecular complexity index is 417. The number of halogens is 1. The monoisotopic (exact) mass is 247 g/mol. The van der Waals surface area contributed by atoms with Crippen molar-refractivity contribution < 1.29 is 8.42 Å². The molecule has 1 aromatic rings. The van der Waals surface area contributed by atoms with E-state index >= 15 is 0 Å². The highest BCUT2D eigenvalue weighted by Crippen LogP contribution is 2.16. The quantitative estimate of drug-likeness (QED) is 0.811. The number of rotatable bonds is 5. The number of nitrogens with one attached hydrogen (secondary N) is 1. The average Bonchev–Trinajstić information content (AvgIpc) is 2.19. The number of hydrogen-bond acceptors (Lipinski definition) is 3. The molecule has 0 bridgehead atoms. The fourth-order valence-corrected chi connectivity index (χ4v) is 2.86. The molecular formula is C10H14ClNO2S. The van der Waals surface area contributed by atoms with E-state index in [1.54, 1.807) is 18.2 Å². The topological polar surface area (TPSA) is 46.2 Å². The van der Waals surface area contributed by atoms with Crippen LogP contribution in [0.4, 0.5) is 5.69 Å². The maximum Gasteiger partial charge on any atom is 0.179 e. The van der Waals surface area contributed by atoms with E-state index in [1.807, 2.05) is 13.0 Å². The minimum absolute atomic E-state index is 0.0237. The summed E-state index contributed by atoms with van der Waals surface area (Å²) in [4.78, 5) is 0.321. The molecule has 0 fully saturated rings. The Balaban J connectivity index is 2.99. The molecule has 0 atom stereocenters. The third-order valence-corrected chi connectivity index (χ3v) is 4.05. The molecule has 1 N–H and O–H groups in total. The lowest BCUT2D eigenvalue weighted by atomic mass is 10.3. The Morgan fingerprint density at radius 2 is 2.13 bits per heavy atom. The molecule has 0 heterocycles. The van der Waals surface area contributed by atoms with Gasteiger partial charge in [-0.15, -0.1) is 11.6 Å². The van der Waals surface area contributed by atoms with Crippen molar-refractivity contribution in [2.45, 2.75) is 11.8 Å². The molecule has 84 valence electrons. The maximum atomic E-state index is 11.7. The van der Waals surface area contributed by atoms with Crippen LogP contribution < -0.4 is 5.32 Å². The van der Waals surface area contributed by atoms with Gasteiger partial charge < -0.3 is 5.32 Å². The van der Waals surface area contributed by atoms with Crippen LogP contribution in [-0.2, 0) is 9.84 Å². The Morgan fingerprint density at radius 3 is 2.73 bits per heavy atom. The van der Waals surface area contributed by atoms with Gasteiger partial charge in [-0.25, -0.2) is 8.42 Å². The van der Waals surface area contributed by atoms with Gasteiger partial charge in [0.25, 0.3) is 0 Å². The van der Waals surface area contributed by atoms with Crippen molar-refractivity contribution in [3.05, 3.63) is 24.3 Å². The smallest absolute Gasteiger partial charge is 0.179 e. The van der Waals surface area contributed by atoms with E-state index in [-0.39, 0.29) is 11.6 Å². The molecule has 0 aliphatic heterocycles. The van der Waals surface area contributed by atoms with Gasteiger partial charge in [0, 0.05) is 18.1 Å². The summed E-state index contributed by atoms with van der Waals surface area (Å²) in [7, 11) is -3.22. The van der Waals surface area contributed by atoms with E-state index in [2.05, 4.69) is 5.32 Å². The van der Waals surface area contributed by atoms with Crippen molar-refractivity contribution in [2.24, 2.45) is 0 Å². The predicted molar refractivity (Wildman–Crippen MR) is 63.4 cm³/mol. The fraction of sp³-hybridized carbons (Fsp3) is 0.400. The summed E-state index contributed by atoms with van der Waals surface area (Å²) in [6, 6.07) is 6.77. The predicted octanol–water partition coefficient (Wildman–Crippen LogP) is 2.13. The highest BCUT2D eigenvalue weighted by molar-refractivity contribution is 7.91. The fourth-order valence-electron chi connectivity index (χ4n) is 1.22. The minimum atomic E-state index is -3.22. The van der Waals surface area contributed by atoms with Crippen molar-refractivity contribution >= 4 is 27.1 Å². The largest absolute Gasteiger partial charge is 0.385 e. The Labute approximate surface area is 95.4 Å². The first-order chi connectivity index (χ1) is 7.10. The molecular weight excluding hydrogens is 234 g/mol. The first kappa shape index (κ1) is 12.3. The molecule has 15 heavy (non-hydrogen) atoms. The van der Waals surface area contributed by atoms with Gasteiger partial charge >= 0.3 is 0 Å². The van der Waals surface area contributed by atoms with Crippen LogP contribution in [0.5, 0.6) is 0 Å². The number of hydrogen-bond donors (Lipinski definition) is 1. The number of alkyl halides is 1. The van der Waals surface area contributed by atoms with E-state index in [1.165, 1.54) is 0 Å². The Morgan fingerprint density at radius 1 is 1.40 bits per heavy atom. The van der Waals surface area contributed by atoms with Crippen LogP contribution in [0.15, 0.2) is 29.2 Å². The number of benzene rings is 1. The van der Waals surface area contributed by atoms with Crippen molar-refractivity contribution in [1.82, 2.24) is 0 Å². The number of anilines is 1. The summed E-state index contributed by atoms with van der Waals surface area (Å²) in [5.74, 6) is 0.0951. The van der Waals surface area contributed by atoms with Crippen molar-refractivity contribution in [1.29, 1.82) is 0 Å². The molecule has 0 aliphatic rings. The van der Waals surface area contributed by atoms with Gasteiger partial charge in [-0.3, -0.25) is 0 Å². The molecule has 0 unspecified atom stereocenters. The maximum absolute atomic E-state index is 11.7. The highest BCUT2D eigenvalue weighted by Gasteiger charge is 2.13. The molecule has 1 rings (SSSR count). The van der Waals surface area contributed by atoms with Crippen LogP contribution in [0.3, 0.4) is 0 Å². The summed E-state index contributed by atoms with van der Waals surface area (Å²) in [5.41, 5.74) is 0.813. The van der Waals surface area contributed by atoms with Crippen LogP contribution in [-0.4, -0.2) is 26.6 Å². The van der Waals surface area contributed by atoms with E-state index in [9.17, 15) is 8.42 Å². The summed E-state index contributed by atoms with van der Waals surface area (Å²) in [5, 5.41) is 3.06. The van der Waals surface area contributed by atoms with Crippen LogP contribution in [0.25, 0.3) is 0 Å². The molecule has 0 amide bonds. The zero-order valence-electron chi connectivity index (χ0n) is 8.53. The summed E-state index contributed by atoms with van der Waals surface area (Å²) in [6.07, 6.45) is 0. The minimum Gasteiger partial charge on any atom is -0.385 e. The van der Waals surface area contributed by atoms with Crippen molar-refractivity contribution in [3.8, 4) is 0 Å². The normalized spacial score (nSPS) is 11.3. The second kappa shape index (κ2) is 5.37. The second-order valence-corrected chi connectivity index (χ2v) is 5.55. The van der Waals surface area contributed by atoms with E-state index < -0.39 is 9.84 Å². The molecule has 5 heteroatoms. The third-order valence-electron chi connectivity index (χ3n) is 1.92. The van der Waals surface area contributed by atoms with Gasteiger partial charge in [0.05, 0.1) is 10.6 Å². The van der Waals surface area contributed by atoms with Crippen molar-refractivity contribution in [2.75, 3.05) is 23.5 Å². The summed E-state index contributed by atoms with van der Waals surface area (Å²) in [6.45, 7) is 2.72. The lowest BCUT2D eigenvalue weighted by molar-refractivity contribution is 0.597. The lowest BCUT2D eigenvalue weighted by Gasteiger charge is -2.06. The first-order valence-electron chi connectivity index (χ1n) is 4.73. The molecule has 0 saturated heterocycles. The Hall–Kier alpha value is -0.740. The summed E-state index contributed by atoms with van der Waals surface area (Å²) >= 11 is 5.44. The van der Waals surface area contributed by atoms with Crippen LogP contribution in [0.2, 0.25) is 0 Å². The number of sulfone groups is 1. The van der Waals surface area contributed by atoms with E-state index in [0.29, 0.717) is 4.90 Å². The molecule has 1 aromatic carbocycles. The van der Waals surface area contributed by atoms with Crippen LogP contribution in [0.1, 0.15) is 6.92 Å². The van der Waals surface area contributed by atoms with Gasteiger partial charge in [-0.1, -0.05) is 6.07 Å². The SMILES string of the molecule is CCNc1cccc(S(=O)(=O)CCCl)c1. The summed E-state index contributed by atoms with van der Waals surface area (Å²) < 4.78 is 23.4. The first-order valence-corrected chi connectivity index (χ1v) is 6.91. The molecule has 0 radical (unpaired) electrons. The second-order valence-electron chi connectivity index (χ2n) is 3.07. The van der Waals surface area contributed by atoms with Crippen LogP contribution >= 0.6 is 11.6 Å².